The van der Waals surface area contributed by atoms with Gasteiger partial charge in [0.15, 0.2) is 0 Å². The quantitative estimate of drug-likeness (QED) is 0.574. The highest BCUT2D eigenvalue weighted by Gasteiger charge is 2.13. The molecule has 0 saturated heterocycles. The number of likely N-dealkylation sites (N-methyl/N-ethyl adjacent to an activating group) is 1. The Morgan fingerprint density at radius 2 is 1.95 bits per heavy atom. The number of ether oxygens (including phenoxy) is 1. The molecule has 0 aliphatic heterocycles. The van der Waals surface area contributed by atoms with Gasteiger partial charge in [0.2, 0.25) is 5.91 Å². The lowest BCUT2D eigenvalue weighted by atomic mass is 10.1. The van der Waals surface area contributed by atoms with Crippen LogP contribution in [0.25, 0.3) is 0 Å². The van der Waals surface area contributed by atoms with Crippen molar-refractivity contribution in [3.8, 4) is 0 Å². The molecule has 0 radical (unpaired) electrons. The topological polar surface area (TPSA) is 46.6 Å². The van der Waals surface area contributed by atoms with Gasteiger partial charge in [-0.3, -0.25) is 9.59 Å². The molecule has 1 aromatic carbocycles. The van der Waals surface area contributed by atoms with Crippen molar-refractivity contribution in [1.29, 1.82) is 0 Å². The molecule has 1 rings (SSSR count). The van der Waals surface area contributed by atoms with E-state index in [0.717, 1.165) is 0 Å². The van der Waals surface area contributed by atoms with E-state index in [1.165, 1.54) is 20.9 Å². The maximum atomic E-state index is 11.9. The molecule has 0 fully saturated rings. The smallest absolute Gasteiger partial charge is 0.325 e. The second kappa shape index (κ2) is 8.72. The van der Waals surface area contributed by atoms with Gasteiger partial charge in [-0.25, -0.2) is 0 Å². The molecular weight excluding hydrogens is 286 g/mol. The second-order valence-electron chi connectivity index (χ2n) is 4.90. The zero-order valence-electron chi connectivity index (χ0n) is 13.1. The average molecular weight is 309 g/mol. The lowest BCUT2D eigenvalue weighted by Crippen LogP contribution is -2.33. The van der Waals surface area contributed by atoms with Crippen LogP contribution in [-0.4, -0.2) is 42.7 Å². The molecule has 4 nitrogen and oxygen atoms in total. The molecule has 0 saturated carbocycles. The fourth-order valence-electron chi connectivity index (χ4n) is 1.74. The van der Waals surface area contributed by atoms with Crippen molar-refractivity contribution < 1.29 is 14.3 Å². The highest BCUT2D eigenvalue weighted by Crippen LogP contribution is 2.21. The van der Waals surface area contributed by atoms with E-state index in [9.17, 15) is 9.59 Å². The van der Waals surface area contributed by atoms with Gasteiger partial charge in [-0.05, 0) is 44.0 Å². The zero-order valence-corrected chi connectivity index (χ0v) is 14.0. The molecule has 0 aromatic heterocycles. The van der Waals surface area contributed by atoms with E-state index < -0.39 is 0 Å². The highest BCUT2D eigenvalue weighted by molar-refractivity contribution is 7.99. The number of esters is 1. The number of carbonyl (C=O) groups excluding carboxylic acids is 2. The van der Waals surface area contributed by atoms with Crippen molar-refractivity contribution in [2.24, 2.45) is 0 Å². The predicted octanol–water partition coefficient (Wildman–Crippen LogP) is 2.81. The first-order valence-corrected chi connectivity index (χ1v) is 8.02. The number of thioether (sulfide) groups is 1. The van der Waals surface area contributed by atoms with E-state index in [1.807, 2.05) is 0 Å². The maximum absolute atomic E-state index is 11.9. The number of rotatable bonds is 7. The van der Waals surface area contributed by atoms with Crippen molar-refractivity contribution in [2.45, 2.75) is 32.1 Å². The van der Waals surface area contributed by atoms with Crippen LogP contribution in [0.3, 0.4) is 0 Å². The summed E-state index contributed by atoms with van der Waals surface area (Å²) < 4.78 is 4.82. The number of nitrogens with zero attached hydrogens (tertiary/aromatic N) is 1. The Morgan fingerprint density at radius 3 is 2.57 bits per heavy atom. The number of benzene rings is 1. The number of carbonyl (C=O) groups is 2. The van der Waals surface area contributed by atoms with Gasteiger partial charge in [-0.2, -0.15) is 0 Å². The molecule has 0 aliphatic rings. The standard InChI is InChI=1S/C16H23NO3S/c1-5-20-16(19)11-17(4)15(18)8-9-21-14-7-6-12(2)13(3)10-14/h6-7,10H,5,8-9,11H2,1-4H3. The van der Waals surface area contributed by atoms with Crippen molar-refractivity contribution in [3.05, 3.63) is 29.3 Å². The molecular formula is C16H23NO3S. The summed E-state index contributed by atoms with van der Waals surface area (Å²) in [6.45, 7) is 6.26. The van der Waals surface area contributed by atoms with Crippen molar-refractivity contribution in [2.75, 3.05) is 26.0 Å². The lowest BCUT2D eigenvalue weighted by molar-refractivity contribution is -0.148. The number of hydrogen-bond acceptors (Lipinski definition) is 4. The lowest BCUT2D eigenvalue weighted by Gasteiger charge is -2.15. The van der Waals surface area contributed by atoms with Crippen LogP contribution in [0, 0.1) is 13.8 Å². The average Bonchev–Trinajstić information content (AvgIpc) is 2.42. The zero-order chi connectivity index (χ0) is 15.8. The Kier molecular flexibility index (Phi) is 7.29. The largest absolute Gasteiger partial charge is 0.465 e. The molecule has 0 heterocycles. The van der Waals surface area contributed by atoms with Gasteiger partial charge in [0.25, 0.3) is 0 Å². The van der Waals surface area contributed by atoms with Gasteiger partial charge in [-0.15, -0.1) is 11.8 Å². The fourth-order valence-corrected chi connectivity index (χ4v) is 2.68. The Balaban J connectivity index is 2.35. The van der Waals surface area contributed by atoms with E-state index >= 15 is 0 Å². The second-order valence-corrected chi connectivity index (χ2v) is 6.07. The third-order valence-electron chi connectivity index (χ3n) is 3.16. The van der Waals surface area contributed by atoms with E-state index in [1.54, 1.807) is 25.7 Å². The van der Waals surface area contributed by atoms with Crippen molar-refractivity contribution in [3.63, 3.8) is 0 Å². The number of amides is 1. The summed E-state index contributed by atoms with van der Waals surface area (Å²) in [5, 5.41) is 0. The van der Waals surface area contributed by atoms with Crippen molar-refractivity contribution in [1.82, 2.24) is 4.90 Å². The Labute approximate surface area is 130 Å². The van der Waals surface area contributed by atoms with E-state index in [-0.39, 0.29) is 18.4 Å². The molecule has 0 aliphatic carbocycles. The fraction of sp³-hybridized carbons (Fsp3) is 0.500. The first-order chi connectivity index (χ1) is 9.93. The molecule has 0 spiro atoms. The SMILES string of the molecule is CCOC(=O)CN(C)C(=O)CCSc1ccc(C)c(C)c1. The third-order valence-corrected chi connectivity index (χ3v) is 4.16. The van der Waals surface area contributed by atoms with E-state index in [2.05, 4.69) is 32.0 Å². The summed E-state index contributed by atoms with van der Waals surface area (Å²) in [7, 11) is 1.62. The normalized spacial score (nSPS) is 10.3. The maximum Gasteiger partial charge on any atom is 0.325 e. The van der Waals surface area contributed by atoms with Gasteiger partial charge < -0.3 is 9.64 Å². The van der Waals surface area contributed by atoms with Gasteiger partial charge in [0.05, 0.1) is 6.61 Å². The van der Waals surface area contributed by atoms with Crippen LogP contribution >= 0.6 is 11.8 Å². The number of hydrogen-bond donors (Lipinski definition) is 0. The van der Waals surface area contributed by atoms with Gasteiger partial charge in [-0.1, -0.05) is 6.07 Å². The first-order valence-electron chi connectivity index (χ1n) is 7.03. The first kappa shape index (κ1) is 17.6. The summed E-state index contributed by atoms with van der Waals surface area (Å²) in [5.74, 6) is 0.295. The van der Waals surface area contributed by atoms with Crippen LogP contribution in [0.15, 0.2) is 23.1 Å². The highest BCUT2D eigenvalue weighted by atomic mass is 32.2. The molecule has 0 bridgehead atoms. The minimum atomic E-state index is -0.366. The molecule has 0 N–H and O–H groups in total. The Bertz CT molecular complexity index is 502. The monoisotopic (exact) mass is 309 g/mol. The summed E-state index contributed by atoms with van der Waals surface area (Å²) in [5.41, 5.74) is 2.52. The van der Waals surface area contributed by atoms with Crippen LogP contribution in [0.2, 0.25) is 0 Å². The minimum absolute atomic E-state index is 0.0149. The third kappa shape index (κ3) is 6.21. The van der Waals surface area contributed by atoms with Crippen LogP contribution in [0.5, 0.6) is 0 Å². The molecule has 21 heavy (non-hydrogen) atoms. The van der Waals surface area contributed by atoms with E-state index in [4.69, 9.17) is 4.74 Å². The van der Waals surface area contributed by atoms with Crippen LogP contribution in [0.1, 0.15) is 24.5 Å². The predicted molar refractivity (Wildman–Crippen MR) is 85.5 cm³/mol. The van der Waals surface area contributed by atoms with E-state index in [0.29, 0.717) is 18.8 Å². The van der Waals surface area contributed by atoms with Crippen LogP contribution < -0.4 is 0 Å². The van der Waals surface area contributed by atoms with Gasteiger partial charge in [0.1, 0.15) is 6.54 Å². The molecule has 0 unspecified atom stereocenters. The Hall–Kier alpha value is -1.49. The summed E-state index contributed by atoms with van der Waals surface area (Å²) >= 11 is 1.65. The Morgan fingerprint density at radius 1 is 1.24 bits per heavy atom. The van der Waals surface area contributed by atoms with Crippen LogP contribution in [-0.2, 0) is 14.3 Å². The molecule has 0 atom stereocenters. The summed E-state index contributed by atoms with van der Waals surface area (Å²) in [6.07, 6.45) is 0.410. The minimum Gasteiger partial charge on any atom is -0.465 e. The van der Waals surface area contributed by atoms with Crippen molar-refractivity contribution >= 4 is 23.6 Å². The van der Waals surface area contributed by atoms with Crippen LogP contribution in [0.4, 0.5) is 0 Å². The number of aryl methyl sites for hydroxylation is 2. The molecule has 1 aromatic rings. The molecule has 5 heteroatoms. The summed E-state index contributed by atoms with van der Waals surface area (Å²) in [6, 6.07) is 6.29. The van der Waals surface area contributed by atoms with Gasteiger partial charge in [0, 0.05) is 24.1 Å². The molecule has 116 valence electrons. The summed E-state index contributed by atoms with van der Waals surface area (Å²) in [4.78, 5) is 25.8. The van der Waals surface area contributed by atoms with Gasteiger partial charge >= 0.3 is 5.97 Å². The molecule has 1 amide bonds.